The van der Waals surface area contributed by atoms with Crippen molar-refractivity contribution >= 4 is 33.6 Å². The second-order valence-electron chi connectivity index (χ2n) is 12.5. The second kappa shape index (κ2) is 12.6. The molecule has 0 bridgehead atoms. The fourth-order valence-corrected chi connectivity index (χ4v) is 7.09. The maximum Gasteiger partial charge on any atom is 0.573 e. The minimum Gasteiger partial charge on any atom is -0.406 e. The van der Waals surface area contributed by atoms with Crippen LogP contribution in [0.1, 0.15) is 37.7 Å². The molecule has 6 aromatic rings. The fraction of sp³-hybridized carbons (Fsp3) is 0.211. The zero-order chi connectivity index (χ0) is 36.4. The standard InChI is InChI=1S/C19H14F4N2O2.C19H16F2N2O/c1-10-14-8-12(20)9-15(17(14)25-7-6-24-18(26)16(10)25)11-2-4-13(5-3-11)27-19(21,22)23;1-10-7-12(3-4-16(10)21)15-9-13(20)8-14-11(2)17-19(24)22-5-6-23(17)18(14)15/h2-5,8-9H,6-7H2,1H3,(H,24,26);3-4,7-9H,5-6H2,1-2H3,(H,22,24). The summed E-state index contributed by atoms with van der Waals surface area (Å²) in [6.45, 7) is 7.41. The number of benzene rings is 4. The maximum absolute atomic E-state index is 14.2. The summed E-state index contributed by atoms with van der Waals surface area (Å²) < 4.78 is 86.7. The molecule has 2 amide bonds. The molecule has 0 spiro atoms. The van der Waals surface area contributed by atoms with Crippen molar-refractivity contribution in [2.24, 2.45) is 0 Å². The SMILES string of the molecule is Cc1c2n(c3c(-c4ccc(OC(F)(F)F)cc4)cc(F)cc13)CCNC2=O.Cc1cc(-c2cc(F)cc3c(C)c4n(c23)CCNC4=O)ccc1F. The van der Waals surface area contributed by atoms with Gasteiger partial charge >= 0.3 is 6.36 Å². The van der Waals surface area contributed by atoms with E-state index in [2.05, 4.69) is 15.4 Å². The molecule has 8 rings (SSSR count). The molecule has 4 heterocycles. The van der Waals surface area contributed by atoms with Gasteiger partial charge in [-0.25, -0.2) is 13.2 Å². The van der Waals surface area contributed by atoms with E-state index in [1.807, 2.05) is 16.1 Å². The average Bonchev–Trinajstić information content (AvgIpc) is 3.53. The van der Waals surface area contributed by atoms with Gasteiger partial charge in [0.15, 0.2) is 0 Å². The number of hydrogen-bond donors (Lipinski definition) is 2. The lowest BCUT2D eigenvalue weighted by molar-refractivity contribution is -0.274. The van der Waals surface area contributed by atoms with Crippen molar-refractivity contribution in [3.63, 3.8) is 0 Å². The van der Waals surface area contributed by atoms with Crippen LogP contribution >= 0.6 is 0 Å². The monoisotopic (exact) mass is 704 g/mol. The number of nitrogens with one attached hydrogen (secondary N) is 2. The number of ether oxygens (including phenoxy) is 1. The third-order valence-corrected chi connectivity index (χ3v) is 9.29. The van der Waals surface area contributed by atoms with Gasteiger partial charge in [0.25, 0.3) is 11.8 Å². The molecule has 0 aliphatic carbocycles. The highest BCUT2D eigenvalue weighted by molar-refractivity contribution is 6.07. The first kappa shape index (κ1) is 33.8. The van der Waals surface area contributed by atoms with Crippen LogP contribution in [0.25, 0.3) is 44.1 Å². The molecule has 2 aromatic heterocycles. The van der Waals surface area contributed by atoms with E-state index in [0.717, 1.165) is 22.0 Å². The summed E-state index contributed by atoms with van der Waals surface area (Å²) in [5.41, 5.74) is 6.94. The Hall–Kier alpha value is -5.72. The molecule has 4 aromatic carbocycles. The maximum atomic E-state index is 14.2. The van der Waals surface area contributed by atoms with Gasteiger partial charge < -0.3 is 24.5 Å². The lowest BCUT2D eigenvalue weighted by atomic mass is 9.99. The number of aryl methyl sites for hydroxylation is 3. The summed E-state index contributed by atoms with van der Waals surface area (Å²) in [5.74, 6) is -1.87. The number of fused-ring (bicyclic) bond motifs is 6. The fourth-order valence-electron chi connectivity index (χ4n) is 7.09. The number of amides is 2. The number of carbonyl (C=O) groups is 2. The summed E-state index contributed by atoms with van der Waals surface area (Å²) >= 11 is 0. The van der Waals surface area contributed by atoms with Crippen LogP contribution in [0.5, 0.6) is 5.75 Å². The molecular weight excluding hydrogens is 674 g/mol. The molecule has 0 fully saturated rings. The van der Waals surface area contributed by atoms with Gasteiger partial charge in [0.1, 0.15) is 34.6 Å². The Balaban J connectivity index is 0.000000160. The summed E-state index contributed by atoms with van der Waals surface area (Å²) in [6, 6.07) is 15.6. The van der Waals surface area contributed by atoms with E-state index in [-0.39, 0.29) is 29.2 Å². The lowest BCUT2D eigenvalue weighted by Gasteiger charge is -2.18. The highest BCUT2D eigenvalue weighted by Crippen LogP contribution is 2.38. The van der Waals surface area contributed by atoms with Gasteiger partial charge in [-0.05, 0) is 97.1 Å². The molecule has 2 aliphatic rings. The van der Waals surface area contributed by atoms with E-state index in [9.17, 15) is 35.9 Å². The number of hydrogen-bond acceptors (Lipinski definition) is 3. The van der Waals surface area contributed by atoms with E-state index in [1.54, 1.807) is 26.0 Å². The summed E-state index contributed by atoms with van der Waals surface area (Å²) in [6.07, 6.45) is -4.78. The predicted molar refractivity (Wildman–Crippen MR) is 180 cm³/mol. The molecule has 0 unspecified atom stereocenters. The highest BCUT2D eigenvalue weighted by Gasteiger charge is 2.31. The first-order valence-corrected chi connectivity index (χ1v) is 16.1. The normalized spacial score (nSPS) is 14.1. The van der Waals surface area contributed by atoms with E-state index in [4.69, 9.17) is 0 Å². The molecule has 7 nitrogen and oxygen atoms in total. The van der Waals surface area contributed by atoms with Crippen LogP contribution in [-0.2, 0) is 13.1 Å². The van der Waals surface area contributed by atoms with Gasteiger partial charge in [-0.15, -0.1) is 13.2 Å². The molecule has 2 aliphatic heterocycles. The third kappa shape index (κ3) is 6.06. The molecule has 0 saturated carbocycles. The van der Waals surface area contributed by atoms with Crippen LogP contribution in [0, 0.1) is 38.2 Å². The van der Waals surface area contributed by atoms with Crippen LogP contribution in [0.3, 0.4) is 0 Å². The molecule has 2 N–H and O–H groups in total. The number of carbonyl (C=O) groups excluding carboxylic acids is 2. The lowest BCUT2D eigenvalue weighted by Crippen LogP contribution is -2.35. The van der Waals surface area contributed by atoms with E-state index in [1.165, 1.54) is 54.6 Å². The minimum atomic E-state index is -4.78. The Morgan fingerprint density at radius 3 is 1.59 bits per heavy atom. The zero-order valence-corrected chi connectivity index (χ0v) is 27.6. The van der Waals surface area contributed by atoms with E-state index >= 15 is 0 Å². The van der Waals surface area contributed by atoms with E-state index in [0.29, 0.717) is 76.3 Å². The number of rotatable bonds is 3. The number of alkyl halides is 3. The van der Waals surface area contributed by atoms with Crippen molar-refractivity contribution in [1.82, 2.24) is 19.8 Å². The van der Waals surface area contributed by atoms with E-state index < -0.39 is 12.2 Å². The van der Waals surface area contributed by atoms with Crippen molar-refractivity contribution in [1.29, 1.82) is 0 Å². The number of nitrogens with zero attached hydrogens (tertiary/aromatic N) is 2. The Bertz CT molecular complexity index is 2390. The van der Waals surface area contributed by atoms with Gasteiger partial charge in [-0.1, -0.05) is 18.2 Å². The van der Waals surface area contributed by atoms with Crippen molar-refractivity contribution in [2.75, 3.05) is 13.1 Å². The van der Waals surface area contributed by atoms with Crippen LogP contribution in [0.15, 0.2) is 66.7 Å². The Morgan fingerprint density at radius 2 is 1.12 bits per heavy atom. The zero-order valence-electron chi connectivity index (χ0n) is 27.6. The Kier molecular flexibility index (Phi) is 8.31. The van der Waals surface area contributed by atoms with Crippen LogP contribution in [0.4, 0.5) is 26.3 Å². The topological polar surface area (TPSA) is 77.3 Å². The van der Waals surface area contributed by atoms with Gasteiger partial charge in [-0.3, -0.25) is 9.59 Å². The minimum absolute atomic E-state index is 0.142. The molecule has 0 radical (unpaired) electrons. The first-order valence-electron chi connectivity index (χ1n) is 16.1. The molecular formula is C38H30F6N4O3. The number of aromatic nitrogens is 2. The summed E-state index contributed by atoms with van der Waals surface area (Å²) in [5, 5.41) is 6.92. The summed E-state index contributed by atoms with van der Waals surface area (Å²) in [4.78, 5) is 24.5. The first-order chi connectivity index (χ1) is 24.2. The van der Waals surface area contributed by atoms with Crippen LogP contribution in [-0.4, -0.2) is 40.4 Å². The second-order valence-corrected chi connectivity index (χ2v) is 12.5. The molecule has 0 atom stereocenters. The molecule has 13 heteroatoms. The van der Waals surface area contributed by atoms with Gasteiger partial charge in [0.05, 0.1) is 11.0 Å². The van der Waals surface area contributed by atoms with Crippen LogP contribution < -0.4 is 15.4 Å². The third-order valence-electron chi connectivity index (χ3n) is 9.29. The molecule has 262 valence electrons. The number of halogens is 6. The quantitative estimate of drug-likeness (QED) is 0.182. The van der Waals surface area contributed by atoms with Crippen LogP contribution in [0.2, 0.25) is 0 Å². The largest absolute Gasteiger partial charge is 0.573 e. The smallest absolute Gasteiger partial charge is 0.406 e. The van der Waals surface area contributed by atoms with Crippen molar-refractivity contribution in [2.45, 2.75) is 40.2 Å². The van der Waals surface area contributed by atoms with Gasteiger partial charge in [0.2, 0.25) is 0 Å². The van der Waals surface area contributed by atoms with Gasteiger partial charge in [0, 0.05) is 48.1 Å². The molecule has 51 heavy (non-hydrogen) atoms. The predicted octanol–water partition coefficient (Wildman–Crippen LogP) is 8.34. The van der Waals surface area contributed by atoms with Crippen molar-refractivity contribution in [3.05, 3.63) is 112 Å². The van der Waals surface area contributed by atoms with Crippen molar-refractivity contribution < 1.29 is 40.7 Å². The molecule has 0 saturated heterocycles. The Morgan fingerprint density at radius 1 is 0.647 bits per heavy atom. The highest BCUT2D eigenvalue weighted by atomic mass is 19.4. The summed E-state index contributed by atoms with van der Waals surface area (Å²) in [7, 11) is 0. The Labute approximate surface area is 287 Å². The van der Waals surface area contributed by atoms with Crippen molar-refractivity contribution in [3.8, 4) is 28.0 Å². The van der Waals surface area contributed by atoms with Gasteiger partial charge in [-0.2, -0.15) is 0 Å². The average molecular weight is 705 g/mol.